The highest BCUT2D eigenvalue weighted by Crippen LogP contribution is 2.36. The zero-order valence-electron chi connectivity index (χ0n) is 10.3. The molecular formula is C9H15F2NO2S4. The van der Waals surface area contributed by atoms with E-state index in [0.29, 0.717) is 6.42 Å². The molecule has 0 atom stereocenters. The lowest BCUT2D eigenvalue weighted by atomic mass is 10.2. The van der Waals surface area contributed by atoms with Crippen molar-refractivity contribution in [3.05, 3.63) is 11.7 Å². The summed E-state index contributed by atoms with van der Waals surface area (Å²) in [5.74, 6) is 0. The second-order valence-electron chi connectivity index (χ2n) is 3.00. The summed E-state index contributed by atoms with van der Waals surface area (Å²) >= 11 is 0. The molecule has 0 fully saturated rings. The molecule has 0 radical (unpaired) electrons. The highest BCUT2D eigenvalue weighted by molar-refractivity contribution is 8.83. The average molecular weight is 335 g/mol. The summed E-state index contributed by atoms with van der Waals surface area (Å²) in [4.78, 5) is 11.6. The Hall–Kier alpha value is 0.270. The zero-order valence-corrected chi connectivity index (χ0v) is 13.5. The van der Waals surface area contributed by atoms with Crippen LogP contribution in [0.4, 0.5) is 13.6 Å². The second kappa shape index (κ2) is 11.1. The van der Waals surface area contributed by atoms with E-state index in [0.717, 1.165) is 0 Å². The lowest BCUT2D eigenvalue weighted by molar-refractivity contribution is 0.141. The Kier molecular flexibility index (Phi) is 11.3. The molecule has 0 aliphatic heterocycles. The molecule has 1 amide bonds. The van der Waals surface area contributed by atoms with Crippen molar-refractivity contribution >= 4 is 49.6 Å². The van der Waals surface area contributed by atoms with Gasteiger partial charge in [-0.3, -0.25) is 0 Å². The summed E-state index contributed by atoms with van der Waals surface area (Å²) < 4.78 is 30.6. The summed E-state index contributed by atoms with van der Waals surface area (Å²) in [7, 11) is 5.39. The Balaban J connectivity index is 3.90. The molecule has 0 aromatic rings. The standard InChI is InChI=1S/C9H15F2NO2S4/c1-7(8(10)11)5-4-6-14-9(13)12(17-15-2)18-16-3/h4-6H2,1-3H3. The number of allylic oxidation sites excluding steroid dienone is 1. The molecule has 0 aromatic heterocycles. The van der Waals surface area contributed by atoms with Crippen LogP contribution in [0.15, 0.2) is 11.7 Å². The van der Waals surface area contributed by atoms with Gasteiger partial charge in [-0.15, -0.1) is 0 Å². The minimum atomic E-state index is -1.65. The minimum absolute atomic E-state index is 0.0416. The van der Waals surface area contributed by atoms with E-state index in [9.17, 15) is 13.6 Å². The predicted molar refractivity (Wildman–Crippen MR) is 79.5 cm³/mol. The number of nitrogens with zero attached hydrogens (tertiary/aromatic N) is 1. The van der Waals surface area contributed by atoms with Crippen molar-refractivity contribution in [1.82, 2.24) is 3.71 Å². The molecule has 0 heterocycles. The fourth-order valence-electron chi connectivity index (χ4n) is 0.853. The van der Waals surface area contributed by atoms with E-state index in [4.69, 9.17) is 4.74 Å². The van der Waals surface area contributed by atoms with Crippen LogP contribution in [0, 0.1) is 0 Å². The van der Waals surface area contributed by atoms with Gasteiger partial charge < -0.3 is 4.74 Å². The lowest BCUT2D eigenvalue weighted by Gasteiger charge is -2.16. The Morgan fingerprint density at radius 3 is 2.22 bits per heavy atom. The van der Waals surface area contributed by atoms with Crippen molar-refractivity contribution in [2.45, 2.75) is 19.8 Å². The van der Waals surface area contributed by atoms with Gasteiger partial charge in [-0.2, -0.15) is 12.5 Å². The fraction of sp³-hybridized carbons (Fsp3) is 0.667. The SMILES string of the molecule is CSSN(SSC)C(=O)OCCCC(C)=C(F)F. The number of halogens is 2. The number of rotatable bonds is 8. The third-order valence-electron chi connectivity index (χ3n) is 1.68. The molecule has 0 aliphatic carbocycles. The van der Waals surface area contributed by atoms with Gasteiger partial charge in [0.05, 0.1) is 6.61 Å². The number of carbonyl (C=O) groups excluding carboxylic acids is 1. The van der Waals surface area contributed by atoms with E-state index < -0.39 is 12.2 Å². The summed E-state index contributed by atoms with van der Waals surface area (Å²) in [6.07, 6.45) is 2.22. The van der Waals surface area contributed by atoms with E-state index in [1.807, 2.05) is 12.5 Å². The minimum Gasteiger partial charge on any atom is -0.448 e. The Morgan fingerprint density at radius 1 is 1.22 bits per heavy atom. The van der Waals surface area contributed by atoms with Crippen molar-refractivity contribution in [3.63, 3.8) is 0 Å². The molecule has 0 N–H and O–H groups in total. The fourth-order valence-corrected chi connectivity index (χ4v) is 4.62. The monoisotopic (exact) mass is 335 g/mol. The molecule has 0 aromatic carbocycles. The maximum Gasteiger partial charge on any atom is 0.431 e. The van der Waals surface area contributed by atoms with Crippen molar-refractivity contribution in [1.29, 1.82) is 0 Å². The smallest absolute Gasteiger partial charge is 0.431 e. The van der Waals surface area contributed by atoms with Crippen LogP contribution in [-0.2, 0) is 4.74 Å². The van der Waals surface area contributed by atoms with Gasteiger partial charge in [-0.1, -0.05) is 21.6 Å². The molecule has 3 nitrogen and oxygen atoms in total. The summed E-state index contributed by atoms with van der Waals surface area (Å²) in [6.45, 7) is 1.51. The largest absolute Gasteiger partial charge is 0.448 e. The maximum absolute atomic E-state index is 12.1. The van der Waals surface area contributed by atoms with E-state index >= 15 is 0 Å². The van der Waals surface area contributed by atoms with Crippen LogP contribution in [0.3, 0.4) is 0 Å². The van der Waals surface area contributed by atoms with Crippen LogP contribution in [0.2, 0.25) is 0 Å². The second-order valence-corrected chi connectivity index (χ2v) is 7.82. The molecule has 0 aliphatic rings. The first-order valence-corrected chi connectivity index (χ1v) is 9.95. The molecule has 18 heavy (non-hydrogen) atoms. The first-order valence-electron chi connectivity index (χ1n) is 4.92. The van der Waals surface area contributed by atoms with Gasteiger partial charge in [-0.25, -0.2) is 4.79 Å². The molecule has 0 rings (SSSR count). The average Bonchev–Trinajstić information content (AvgIpc) is 2.33. The normalized spacial score (nSPS) is 10.1. The van der Waals surface area contributed by atoms with Crippen LogP contribution in [0.5, 0.6) is 0 Å². The summed E-state index contributed by atoms with van der Waals surface area (Å²) in [5, 5.41) is 0. The number of hydrogen-bond donors (Lipinski definition) is 0. The van der Waals surface area contributed by atoms with E-state index in [1.165, 1.54) is 54.2 Å². The van der Waals surface area contributed by atoms with Gasteiger partial charge in [0.15, 0.2) is 0 Å². The van der Waals surface area contributed by atoms with Crippen molar-refractivity contribution in [3.8, 4) is 0 Å². The zero-order chi connectivity index (χ0) is 14.0. The van der Waals surface area contributed by atoms with Crippen LogP contribution in [0.25, 0.3) is 0 Å². The molecular weight excluding hydrogens is 320 g/mol. The third kappa shape index (κ3) is 8.39. The Morgan fingerprint density at radius 2 is 1.78 bits per heavy atom. The first-order chi connectivity index (χ1) is 8.52. The van der Waals surface area contributed by atoms with Crippen LogP contribution < -0.4 is 0 Å². The molecule has 0 saturated carbocycles. The van der Waals surface area contributed by atoms with Gasteiger partial charge in [0.2, 0.25) is 0 Å². The summed E-state index contributed by atoms with van der Waals surface area (Å²) in [6, 6.07) is 0. The molecule has 0 spiro atoms. The Bertz CT molecular complexity index is 282. The van der Waals surface area contributed by atoms with E-state index in [-0.39, 0.29) is 18.6 Å². The first kappa shape index (κ1) is 18.3. The molecule has 0 bridgehead atoms. The maximum atomic E-state index is 12.1. The molecule has 0 unspecified atom stereocenters. The number of amides is 1. The van der Waals surface area contributed by atoms with Gasteiger partial charge >= 0.3 is 6.09 Å². The highest BCUT2D eigenvalue weighted by atomic mass is 33.1. The number of hydrogen-bond acceptors (Lipinski definition) is 6. The van der Waals surface area contributed by atoms with E-state index in [2.05, 4.69) is 0 Å². The van der Waals surface area contributed by atoms with Crippen molar-refractivity contribution < 1.29 is 18.3 Å². The number of carbonyl (C=O) groups is 1. The van der Waals surface area contributed by atoms with Gasteiger partial charge in [0.1, 0.15) is 0 Å². The Labute approximate surface area is 122 Å². The lowest BCUT2D eigenvalue weighted by Crippen LogP contribution is -2.17. The number of ether oxygens (including phenoxy) is 1. The molecule has 106 valence electrons. The third-order valence-corrected chi connectivity index (χ3v) is 5.35. The van der Waals surface area contributed by atoms with E-state index in [1.54, 1.807) is 0 Å². The molecule has 9 heteroatoms. The highest BCUT2D eigenvalue weighted by Gasteiger charge is 2.16. The topological polar surface area (TPSA) is 29.5 Å². The van der Waals surface area contributed by atoms with Gasteiger partial charge in [0, 0.05) is 22.0 Å². The van der Waals surface area contributed by atoms with Crippen LogP contribution >= 0.6 is 43.5 Å². The van der Waals surface area contributed by atoms with Crippen LogP contribution in [-0.4, -0.2) is 28.9 Å². The van der Waals surface area contributed by atoms with Crippen LogP contribution in [0.1, 0.15) is 19.8 Å². The quantitative estimate of drug-likeness (QED) is 0.343. The summed E-state index contributed by atoms with van der Waals surface area (Å²) in [5.41, 5.74) is 0.0416. The van der Waals surface area contributed by atoms with Gasteiger partial charge in [-0.05, 0) is 37.9 Å². The molecule has 0 saturated heterocycles. The van der Waals surface area contributed by atoms with Crippen molar-refractivity contribution in [2.24, 2.45) is 0 Å². The van der Waals surface area contributed by atoms with Gasteiger partial charge in [0.25, 0.3) is 6.08 Å². The predicted octanol–water partition coefficient (Wildman–Crippen LogP) is 5.23. The van der Waals surface area contributed by atoms with Crippen molar-refractivity contribution in [2.75, 3.05) is 19.1 Å².